The third-order valence-electron chi connectivity index (χ3n) is 5.44. The van der Waals surface area contributed by atoms with Crippen molar-refractivity contribution in [3.8, 4) is 11.1 Å². The van der Waals surface area contributed by atoms with Gasteiger partial charge >= 0.3 is 0 Å². The number of aliphatic imine (C=N–C) groups is 1. The number of hydrogen-bond donors (Lipinski definition) is 3. The summed E-state index contributed by atoms with van der Waals surface area (Å²) < 4.78 is 5.38. The molecule has 1 aromatic heterocycles. The number of anilines is 1. The van der Waals surface area contributed by atoms with Crippen molar-refractivity contribution in [2.24, 2.45) is 16.1 Å². The van der Waals surface area contributed by atoms with Crippen molar-refractivity contribution >= 4 is 29.4 Å². The SMILES string of the molecule is C=Nc1c(NCC2(C)CC2)cc(-c2c(C)noc2C)cc1/C(C(C)=N)=C(\C)N. The average Bonchev–Trinajstić information content (AvgIpc) is 3.26. The molecule has 1 aliphatic carbocycles. The van der Waals surface area contributed by atoms with Gasteiger partial charge in [-0.1, -0.05) is 12.1 Å². The zero-order valence-electron chi connectivity index (χ0n) is 17.4. The summed E-state index contributed by atoms with van der Waals surface area (Å²) in [4.78, 5) is 4.31. The van der Waals surface area contributed by atoms with Crippen molar-refractivity contribution in [1.29, 1.82) is 5.41 Å². The molecule has 3 rings (SSSR count). The van der Waals surface area contributed by atoms with Crippen molar-refractivity contribution in [1.82, 2.24) is 5.16 Å². The summed E-state index contributed by atoms with van der Waals surface area (Å²) in [5.41, 5.74) is 13.3. The van der Waals surface area contributed by atoms with Crippen LogP contribution in [0.25, 0.3) is 16.7 Å². The molecule has 0 aliphatic heterocycles. The summed E-state index contributed by atoms with van der Waals surface area (Å²) in [5, 5.41) is 15.9. The Bertz CT molecular complexity index is 956. The maximum atomic E-state index is 8.25. The van der Waals surface area contributed by atoms with E-state index in [9.17, 15) is 0 Å². The van der Waals surface area contributed by atoms with Crippen molar-refractivity contribution in [2.75, 3.05) is 11.9 Å². The number of rotatable bonds is 7. The van der Waals surface area contributed by atoms with Crippen LogP contribution in [0.2, 0.25) is 0 Å². The quantitative estimate of drug-likeness (QED) is 0.573. The van der Waals surface area contributed by atoms with Crippen molar-refractivity contribution in [3.63, 3.8) is 0 Å². The standard InChI is InChI=1S/C22H29N5O/c1-12(23)19(13(2)24)17-9-16(20-14(3)27-28-15(20)4)10-18(21(17)25-6)26-11-22(5)7-8-22/h9-10,23,26H,6-8,11,24H2,1-5H3/b19-13+,23-12?. The first-order valence-electron chi connectivity index (χ1n) is 9.51. The lowest BCUT2D eigenvalue weighted by molar-refractivity contribution is 0.393. The summed E-state index contributed by atoms with van der Waals surface area (Å²) in [7, 11) is 0. The highest BCUT2D eigenvalue weighted by atomic mass is 16.5. The fourth-order valence-corrected chi connectivity index (χ4v) is 3.58. The van der Waals surface area contributed by atoms with Crippen LogP contribution in [0.1, 0.15) is 50.6 Å². The zero-order valence-corrected chi connectivity index (χ0v) is 17.4. The third-order valence-corrected chi connectivity index (χ3v) is 5.44. The Morgan fingerprint density at radius 2 is 2.04 bits per heavy atom. The molecule has 1 fully saturated rings. The summed E-state index contributed by atoms with van der Waals surface area (Å²) in [6.45, 7) is 14.3. The summed E-state index contributed by atoms with van der Waals surface area (Å²) in [6, 6.07) is 4.07. The molecule has 1 heterocycles. The van der Waals surface area contributed by atoms with Crippen molar-refractivity contribution in [2.45, 2.75) is 47.5 Å². The minimum atomic E-state index is 0.331. The van der Waals surface area contributed by atoms with E-state index in [1.54, 1.807) is 13.8 Å². The molecule has 4 N–H and O–H groups in total. The lowest BCUT2D eigenvalue weighted by atomic mass is 9.92. The second-order valence-electron chi connectivity index (χ2n) is 8.12. The van der Waals surface area contributed by atoms with Gasteiger partial charge in [0, 0.05) is 34.7 Å². The van der Waals surface area contributed by atoms with Crippen LogP contribution in [0.3, 0.4) is 0 Å². The minimum absolute atomic E-state index is 0.331. The highest BCUT2D eigenvalue weighted by Gasteiger charge is 2.37. The number of nitrogens with two attached hydrogens (primary N) is 1. The number of nitrogens with zero attached hydrogens (tertiary/aromatic N) is 2. The van der Waals surface area contributed by atoms with E-state index in [4.69, 9.17) is 15.7 Å². The fourth-order valence-electron chi connectivity index (χ4n) is 3.58. The smallest absolute Gasteiger partial charge is 0.141 e. The Kier molecular flexibility index (Phi) is 5.15. The van der Waals surface area contributed by atoms with E-state index in [-0.39, 0.29) is 0 Å². The van der Waals surface area contributed by atoms with E-state index in [0.717, 1.165) is 40.4 Å². The molecule has 0 radical (unpaired) electrons. The van der Waals surface area contributed by atoms with Crippen LogP contribution < -0.4 is 11.1 Å². The molecule has 6 nitrogen and oxygen atoms in total. The van der Waals surface area contributed by atoms with Gasteiger partial charge in [-0.3, -0.25) is 4.99 Å². The fraction of sp³-hybridized carbons (Fsp3) is 0.409. The number of benzene rings is 1. The van der Waals surface area contributed by atoms with Gasteiger partial charge in [-0.15, -0.1) is 0 Å². The second-order valence-corrected chi connectivity index (χ2v) is 8.12. The number of nitrogens with one attached hydrogen (secondary N) is 2. The van der Waals surface area contributed by atoms with E-state index >= 15 is 0 Å². The maximum Gasteiger partial charge on any atom is 0.141 e. The third kappa shape index (κ3) is 3.72. The van der Waals surface area contributed by atoms with Gasteiger partial charge in [0.15, 0.2) is 0 Å². The summed E-state index contributed by atoms with van der Waals surface area (Å²) in [6.07, 6.45) is 2.44. The van der Waals surface area contributed by atoms with Gasteiger partial charge in [0.2, 0.25) is 0 Å². The molecule has 0 bridgehead atoms. The molecule has 0 amide bonds. The van der Waals surface area contributed by atoms with E-state index < -0.39 is 0 Å². The Hall–Kier alpha value is -2.89. The summed E-state index contributed by atoms with van der Waals surface area (Å²) >= 11 is 0. The van der Waals surface area contributed by atoms with E-state index in [1.165, 1.54) is 12.8 Å². The van der Waals surface area contributed by atoms with E-state index in [1.807, 2.05) is 19.9 Å². The molecule has 0 unspecified atom stereocenters. The zero-order chi connectivity index (χ0) is 20.6. The van der Waals surface area contributed by atoms with Gasteiger partial charge < -0.3 is 21.0 Å². The lowest BCUT2D eigenvalue weighted by Crippen LogP contribution is -2.13. The topological polar surface area (TPSA) is 100 Å². The molecule has 0 atom stereocenters. The Morgan fingerprint density at radius 3 is 2.50 bits per heavy atom. The molecule has 6 heteroatoms. The van der Waals surface area contributed by atoms with Gasteiger partial charge in [0.25, 0.3) is 0 Å². The Labute approximate surface area is 166 Å². The van der Waals surface area contributed by atoms with Crippen LogP contribution >= 0.6 is 0 Å². The number of hydrogen-bond acceptors (Lipinski definition) is 6. The molecule has 0 spiro atoms. The average molecular weight is 380 g/mol. The van der Waals surface area contributed by atoms with E-state index in [2.05, 4.69) is 35.2 Å². The second kappa shape index (κ2) is 7.26. The van der Waals surface area contributed by atoms with Gasteiger partial charge in [0.1, 0.15) is 5.76 Å². The molecule has 148 valence electrons. The minimum Gasteiger partial charge on any atom is -0.402 e. The maximum absolute atomic E-state index is 8.25. The highest BCUT2D eigenvalue weighted by molar-refractivity contribution is 6.23. The van der Waals surface area contributed by atoms with Crippen LogP contribution in [0.4, 0.5) is 11.4 Å². The molecule has 1 aliphatic rings. The Morgan fingerprint density at radius 1 is 1.36 bits per heavy atom. The molecule has 2 aromatic rings. The number of allylic oxidation sites excluding steroid dienone is 2. The number of aryl methyl sites for hydroxylation is 2. The van der Waals surface area contributed by atoms with Crippen molar-refractivity contribution < 1.29 is 4.52 Å². The van der Waals surface area contributed by atoms with Crippen LogP contribution in [-0.2, 0) is 0 Å². The normalized spacial score (nSPS) is 15.8. The van der Waals surface area contributed by atoms with Crippen LogP contribution in [0.5, 0.6) is 0 Å². The molecular weight excluding hydrogens is 350 g/mol. The van der Waals surface area contributed by atoms with Gasteiger partial charge in [0.05, 0.1) is 17.1 Å². The van der Waals surface area contributed by atoms with Crippen LogP contribution in [0, 0.1) is 24.7 Å². The molecule has 28 heavy (non-hydrogen) atoms. The predicted octanol–water partition coefficient (Wildman–Crippen LogP) is 5.23. The lowest BCUT2D eigenvalue weighted by Gasteiger charge is -2.19. The van der Waals surface area contributed by atoms with Gasteiger partial charge in [-0.25, -0.2) is 0 Å². The number of aromatic nitrogens is 1. The first kappa shape index (κ1) is 19.9. The Balaban J connectivity index is 2.24. The molecule has 1 aromatic carbocycles. The monoisotopic (exact) mass is 379 g/mol. The van der Waals surface area contributed by atoms with Crippen LogP contribution in [0.15, 0.2) is 27.3 Å². The molecule has 1 saturated carbocycles. The van der Waals surface area contributed by atoms with Gasteiger partial charge in [-0.2, -0.15) is 0 Å². The molecule has 0 saturated heterocycles. The van der Waals surface area contributed by atoms with Gasteiger partial charge in [-0.05, 0) is 70.4 Å². The predicted molar refractivity (Wildman–Crippen MR) is 117 cm³/mol. The van der Waals surface area contributed by atoms with Crippen molar-refractivity contribution in [3.05, 3.63) is 34.8 Å². The summed E-state index contributed by atoms with van der Waals surface area (Å²) in [5.74, 6) is 0.754. The largest absolute Gasteiger partial charge is 0.402 e. The first-order chi connectivity index (χ1) is 13.2. The van der Waals surface area contributed by atoms with Crippen LogP contribution in [-0.4, -0.2) is 24.1 Å². The first-order valence-corrected chi connectivity index (χ1v) is 9.51. The molecular formula is C22H29N5O. The highest BCUT2D eigenvalue weighted by Crippen LogP contribution is 2.46. The van der Waals surface area contributed by atoms with E-state index in [0.29, 0.717) is 28.1 Å².